The van der Waals surface area contributed by atoms with Gasteiger partial charge in [-0.1, -0.05) is 19.9 Å². The average molecular weight is 507 g/mol. The van der Waals surface area contributed by atoms with Crippen LogP contribution in [0.5, 0.6) is 11.5 Å². The molecular formula is C25H30N8O2S. The fraction of sp³-hybridized carbons (Fsp3) is 0.400. The third-order valence-corrected chi connectivity index (χ3v) is 7.59. The highest BCUT2D eigenvalue weighted by molar-refractivity contribution is 8.01. The lowest BCUT2D eigenvalue weighted by molar-refractivity contribution is 0.391. The van der Waals surface area contributed by atoms with E-state index in [-0.39, 0.29) is 11.2 Å². The van der Waals surface area contributed by atoms with Crippen molar-refractivity contribution >= 4 is 17.9 Å². The maximum Gasteiger partial charge on any atom is 0.239 e. The van der Waals surface area contributed by atoms with Crippen LogP contribution in [0.4, 0.5) is 5.95 Å². The number of benzene rings is 1. The number of aryl methyl sites for hydroxylation is 2. The monoisotopic (exact) mass is 506 g/mol. The molecule has 1 aliphatic heterocycles. The summed E-state index contributed by atoms with van der Waals surface area (Å²) in [7, 11) is 3.29. The molecule has 0 spiro atoms. The maximum absolute atomic E-state index is 5.73. The van der Waals surface area contributed by atoms with Gasteiger partial charge in [-0.05, 0) is 49.4 Å². The molecule has 2 atom stereocenters. The molecule has 188 valence electrons. The smallest absolute Gasteiger partial charge is 0.239 e. The van der Waals surface area contributed by atoms with E-state index in [0.717, 1.165) is 47.7 Å². The first-order chi connectivity index (χ1) is 17.5. The first-order valence-electron chi connectivity index (χ1n) is 11.9. The van der Waals surface area contributed by atoms with Gasteiger partial charge in [-0.3, -0.25) is 14.0 Å². The van der Waals surface area contributed by atoms with E-state index in [4.69, 9.17) is 9.47 Å². The van der Waals surface area contributed by atoms with Gasteiger partial charge in [0.05, 0.1) is 26.0 Å². The normalized spacial score (nSPS) is 14.4. The van der Waals surface area contributed by atoms with Gasteiger partial charge in [-0.2, -0.15) is 5.10 Å². The molecular weight excluding hydrogens is 476 g/mol. The lowest BCUT2D eigenvalue weighted by Crippen LogP contribution is -2.15. The molecule has 0 aliphatic carbocycles. The molecule has 0 fully saturated rings. The first kappa shape index (κ1) is 24.1. The Kier molecular flexibility index (Phi) is 6.82. The molecule has 0 saturated carbocycles. The predicted octanol–water partition coefficient (Wildman–Crippen LogP) is 4.44. The third kappa shape index (κ3) is 4.39. The molecule has 1 N–H and O–H groups in total. The van der Waals surface area contributed by atoms with Crippen LogP contribution in [0.1, 0.15) is 43.3 Å². The van der Waals surface area contributed by atoms with Crippen molar-refractivity contribution in [2.75, 3.05) is 18.9 Å². The van der Waals surface area contributed by atoms with Crippen LogP contribution in [0.3, 0.4) is 0 Å². The van der Waals surface area contributed by atoms with Crippen molar-refractivity contribution in [3.63, 3.8) is 0 Å². The summed E-state index contributed by atoms with van der Waals surface area (Å²) >= 11 is 1.55. The standard InChI is InChI=1S/C25H30N8O2S/c1-15-12-26-23(27-13-15)16(2)17(3)36-31-25-30-29-24(18-14-28-32-11-7-8-19(18)32)33(25)22-20(34-4)9-6-10-21(22)35-5/h6,9-10,12-14,16-17H,7-8,11H2,1-5H3,(H,30,31). The minimum absolute atomic E-state index is 0.124. The molecule has 2 unspecified atom stereocenters. The molecule has 1 aromatic carbocycles. The van der Waals surface area contributed by atoms with Gasteiger partial charge in [0, 0.05) is 35.8 Å². The SMILES string of the molecule is COc1cccc(OC)c1-n1c(NSC(C)C(C)c2ncc(C)cn2)nnc1-c1cnn2c1CCC2. The summed E-state index contributed by atoms with van der Waals surface area (Å²) in [6.45, 7) is 7.17. The van der Waals surface area contributed by atoms with E-state index >= 15 is 0 Å². The summed E-state index contributed by atoms with van der Waals surface area (Å²) in [4.78, 5) is 9.02. The second kappa shape index (κ2) is 10.2. The lowest BCUT2D eigenvalue weighted by Gasteiger charge is -2.20. The van der Waals surface area contributed by atoms with E-state index in [0.29, 0.717) is 23.3 Å². The summed E-state index contributed by atoms with van der Waals surface area (Å²) in [6, 6.07) is 5.71. The van der Waals surface area contributed by atoms with Crippen molar-refractivity contribution in [2.24, 2.45) is 0 Å². The number of methoxy groups -OCH3 is 2. The van der Waals surface area contributed by atoms with Gasteiger partial charge >= 0.3 is 0 Å². The first-order valence-corrected chi connectivity index (χ1v) is 12.8. The highest BCUT2D eigenvalue weighted by atomic mass is 32.2. The van der Waals surface area contributed by atoms with Crippen molar-refractivity contribution < 1.29 is 9.47 Å². The van der Waals surface area contributed by atoms with Crippen molar-refractivity contribution in [3.05, 3.63) is 53.9 Å². The fourth-order valence-electron chi connectivity index (χ4n) is 4.33. The average Bonchev–Trinajstić information content (AvgIpc) is 3.63. The van der Waals surface area contributed by atoms with Crippen LogP contribution in [-0.2, 0) is 13.0 Å². The Labute approximate surface area is 214 Å². The van der Waals surface area contributed by atoms with Gasteiger partial charge in [0.2, 0.25) is 5.95 Å². The summed E-state index contributed by atoms with van der Waals surface area (Å²) in [5.41, 5.74) is 3.89. The number of nitrogens with zero attached hydrogens (tertiary/aromatic N) is 7. The van der Waals surface area contributed by atoms with Gasteiger partial charge in [0.15, 0.2) is 5.82 Å². The Bertz CT molecular complexity index is 1330. The Balaban J connectivity index is 1.53. The maximum atomic E-state index is 5.73. The number of para-hydroxylation sites is 1. The molecule has 5 rings (SSSR count). The zero-order valence-corrected chi connectivity index (χ0v) is 21.9. The van der Waals surface area contributed by atoms with Crippen molar-refractivity contribution in [1.82, 2.24) is 34.5 Å². The van der Waals surface area contributed by atoms with Crippen LogP contribution in [0.25, 0.3) is 17.1 Å². The Morgan fingerprint density at radius 3 is 2.44 bits per heavy atom. The quantitative estimate of drug-likeness (QED) is 0.330. The minimum Gasteiger partial charge on any atom is -0.494 e. The summed E-state index contributed by atoms with van der Waals surface area (Å²) in [5.74, 6) is 3.50. The molecule has 0 bridgehead atoms. The number of hydrogen-bond donors (Lipinski definition) is 1. The van der Waals surface area contributed by atoms with E-state index in [9.17, 15) is 0 Å². The zero-order valence-electron chi connectivity index (χ0n) is 21.1. The number of ether oxygens (including phenoxy) is 2. The summed E-state index contributed by atoms with van der Waals surface area (Å²) in [6.07, 6.45) is 7.59. The number of nitrogens with one attached hydrogen (secondary N) is 1. The second-order valence-corrected chi connectivity index (χ2v) is 10.0. The van der Waals surface area contributed by atoms with Crippen LogP contribution in [-0.4, -0.2) is 54.0 Å². The lowest BCUT2D eigenvalue weighted by atomic mass is 10.1. The van der Waals surface area contributed by atoms with Crippen LogP contribution < -0.4 is 14.2 Å². The Morgan fingerprint density at radius 1 is 1.03 bits per heavy atom. The van der Waals surface area contributed by atoms with E-state index in [2.05, 4.69) is 43.8 Å². The number of anilines is 1. The molecule has 11 heteroatoms. The molecule has 3 aromatic heterocycles. The van der Waals surface area contributed by atoms with Crippen molar-refractivity contribution in [1.29, 1.82) is 0 Å². The zero-order chi connectivity index (χ0) is 25.2. The molecule has 36 heavy (non-hydrogen) atoms. The second-order valence-electron chi connectivity index (χ2n) is 8.86. The van der Waals surface area contributed by atoms with Gasteiger partial charge in [0.25, 0.3) is 0 Å². The summed E-state index contributed by atoms with van der Waals surface area (Å²) < 4.78 is 18.9. The molecule has 0 saturated heterocycles. The van der Waals surface area contributed by atoms with Crippen molar-refractivity contribution in [3.8, 4) is 28.6 Å². The molecule has 1 aliphatic rings. The van der Waals surface area contributed by atoms with Gasteiger partial charge < -0.3 is 9.47 Å². The summed E-state index contributed by atoms with van der Waals surface area (Å²) in [5, 5.41) is 13.9. The van der Waals surface area contributed by atoms with Gasteiger partial charge in [-0.25, -0.2) is 9.97 Å². The minimum atomic E-state index is 0.124. The van der Waals surface area contributed by atoms with E-state index in [1.165, 1.54) is 0 Å². The molecule has 4 aromatic rings. The molecule has 0 amide bonds. The van der Waals surface area contributed by atoms with Crippen LogP contribution >= 0.6 is 11.9 Å². The highest BCUT2D eigenvalue weighted by Crippen LogP contribution is 2.39. The van der Waals surface area contributed by atoms with Crippen LogP contribution in [0.15, 0.2) is 36.8 Å². The topological polar surface area (TPSA) is 105 Å². The Hall–Kier alpha value is -3.60. The number of hydrogen-bond acceptors (Lipinski definition) is 9. The van der Waals surface area contributed by atoms with Crippen molar-refractivity contribution in [2.45, 2.75) is 51.3 Å². The van der Waals surface area contributed by atoms with E-state index in [1.807, 2.05) is 53.0 Å². The molecule has 4 heterocycles. The number of fused-ring (bicyclic) bond motifs is 1. The number of aromatic nitrogens is 7. The molecule has 0 radical (unpaired) electrons. The van der Waals surface area contributed by atoms with Gasteiger partial charge in [-0.15, -0.1) is 10.2 Å². The fourth-order valence-corrected chi connectivity index (χ4v) is 5.08. The Morgan fingerprint density at radius 2 is 1.75 bits per heavy atom. The van der Waals surface area contributed by atoms with Crippen LogP contribution in [0.2, 0.25) is 0 Å². The largest absolute Gasteiger partial charge is 0.494 e. The highest BCUT2D eigenvalue weighted by Gasteiger charge is 2.27. The van der Waals surface area contributed by atoms with Crippen LogP contribution in [0, 0.1) is 6.92 Å². The third-order valence-electron chi connectivity index (χ3n) is 6.51. The van der Waals surface area contributed by atoms with Gasteiger partial charge in [0.1, 0.15) is 23.0 Å². The van der Waals surface area contributed by atoms with E-state index < -0.39 is 0 Å². The number of rotatable bonds is 9. The van der Waals surface area contributed by atoms with E-state index in [1.54, 1.807) is 26.2 Å². The molecule has 10 nitrogen and oxygen atoms in total. The predicted molar refractivity (Wildman–Crippen MR) is 140 cm³/mol.